The average Bonchev–Trinajstić information content (AvgIpc) is 2.64. The molecule has 2 aliphatic rings. The minimum atomic E-state index is -3.57. The lowest BCUT2D eigenvalue weighted by molar-refractivity contribution is 0.0919. The van der Waals surface area contributed by atoms with Crippen LogP contribution >= 0.6 is 12.4 Å². The molecule has 3 rings (SSSR count). The summed E-state index contributed by atoms with van der Waals surface area (Å²) in [5.41, 5.74) is 0.397. The van der Waals surface area contributed by atoms with Gasteiger partial charge < -0.3 is 10.6 Å². The van der Waals surface area contributed by atoms with Crippen molar-refractivity contribution in [3.05, 3.63) is 29.8 Å². The molecule has 0 bridgehead atoms. The molecule has 1 aromatic rings. The summed E-state index contributed by atoms with van der Waals surface area (Å²) in [4.78, 5) is 12.8. The number of carbonyl (C=O) groups is 1. The Kier molecular flexibility index (Phi) is 7.68. The van der Waals surface area contributed by atoms with E-state index in [1.165, 1.54) is 6.07 Å². The predicted molar refractivity (Wildman–Crippen MR) is 109 cm³/mol. The maximum Gasteiger partial charge on any atom is 0.251 e. The summed E-state index contributed by atoms with van der Waals surface area (Å²) in [6.07, 6.45) is 4.78. The van der Waals surface area contributed by atoms with Crippen LogP contribution in [0.5, 0.6) is 0 Å². The molecule has 0 aliphatic carbocycles. The summed E-state index contributed by atoms with van der Waals surface area (Å²) in [5, 5.41) is 6.40. The SMILES string of the molecule is CC1NCCCC1NC(=O)c1cccc(S(=O)(=O)N2CCCCC2C)c1.Cl. The van der Waals surface area contributed by atoms with E-state index in [9.17, 15) is 13.2 Å². The van der Waals surface area contributed by atoms with Crippen molar-refractivity contribution < 1.29 is 13.2 Å². The summed E-state index contributed by atoms with van der Waals surface area (Å²) in [5.74, 6) is -0.214. The van der Waals surface area contributed by atoms with Crippen LogP contribution < -0.4 is 10.6 Å². The molecule has 3 unspecified atom stereocenters. The minimum Gasteiger partial charge on any atom is -0.348 e. The molecule has 0 saturated carbocycles. The van der Waals surface area contributed by atoms with E-state index in [1.807, 2.05) is 6.92 Å². The second-order valence-corrected chi connectivity index (χ2v) is 9.34. The van der Waals surface area contributed by atoms with Crippen molar-refractivity contribution in [2.45, 2.75) is 69.0 Å². The van der Waals surface area contributed by atoms with Gasteiger partial charge in [0.2, 0.25) is 10.0 Å². The van der Waals surface area contributed by atoms with Gasteiger partial charge in [0, 0.05) is 30.2 Å². The monoisotopic (exact) mass is 415 g/mol. The third-order valence-corrected chi connectivity index (χ3v) is 7.53. The lowest BCUT2D eigenvalue weighted by Crippen LogP contribution is -2.51. The molecule has 1 aromatic carbocycles. The van der Waals surface area contributed by atoms with Gasteiger partial charge in [0.05, 0.1) is 4.90 Å². The van der Waals surface area contributed by atoms with Crippen molar-refractivity contribution in [3.63, 3.8) is 0 Å². The fraction of sp³-hybridized carbons (Fsp3) is 0.632. The number of hydrogen-bond acceptors (Lipinski definition) is 4. The first kappa shape index (κ1) is 22.1. The summed E-state index contributed by atoms with van der Waals surface area (Å²) in [6.45, 7) is 5.52. The van der Waals surface area contributed by atoms with Crippen LogP contribution in [0.3, 0.4) is 0 Å². The fourth-order valence-electron chi connectivity index (χ4n) is 3.85. The third kappa shape index (κ3) is 5.02. The van der Waals surface area contributed by atoms with Crippen LogP contribution in [0.1, 0.15) is 56.3 Å². The van der Waals surface area contributed by atoms with Gasteiger partial charge in [-0.2, -0.15) is 4.31 Å². The van der Waals surface area contributed by atoms with Crippen molar-refractivity contribution in [1.29, 1.82) is 0 Å². The number of sulfonamides is 1. The molecule has 2 saturated heterocycles. The van der Waals surface area contributed by atoms with Gasteiger partial charge in [-0.25, -0.2) is 8.42 Å². The van der Waals surface area contributed by atoms with Crippen molar-refractivity contribution in [3.8, 4) is 0 Å². The van der Waals surface area contributed by atoms with E-state index in [4.69, 9.17) is 0 Å². The molecule has 2 heterocycles. The number of rotatable bonds is 4. The Labute approximate surface area is 168 Å². The Hall–Kier alpha value is -1.15. The Morgan fingerprint density at radius 2 is 1.96 bits per heavy atom. The maximum atomic E-state index is 13.0. The first-order valence-corrected chi connectivity index (χ1v) is 11.0. The zero-order valence-corrected chi connectivity index (χ0v) is 17.6. The molecule has 0 aromatic heterocycles. The molecule has 2 N–H and O–H groups in total. The maximum absolute atomic E-state index is 13.0. The second kappa shape index (κ2) is 9.37. The van der Waals surface area contributed by atoms with Crippen LogP contribution in [0.25, 0.3) is 0 Å². The quantitative estimate of drug-likeness (QED) is 0.792. The normalized spacial score (nSPS) is 26.8. The minimum absolute atomic E-state index is 0. The molecule has 1 amide bonds. The molecule has 0 spiro atoms. The van der Waals surface area contributed by atoms with Crippen molar-refractivity contribution in [2.75, 3.05) is 13.1 Å². The number of nitrogens with one attached hydrogen (secondary N) is 2. The molecule has 6 nitrogen and oxygen atoms in total. The molecule has 152 valence electrons. The molecule has 8 heteroatoms. The number of halogens is 1. The lowest BCUT2D eigenvalue weighted by atomic mass is 9.99. The van der Waals surface area contributed by atoms with E-state index >= 15 is 0 Å². The van der Waals surface area contributed by atoms with E-state index in [1.54, 1.807) is 22.5 Å². The fourth-order valence-corrected chi connectivity index (χ4v) is 5.60. The highest BCUT2D eigenvalue weighted by Gasteiger charge is 2.31. The van der Waals surface area contributed by atoms with Gasteiger partial charge in [-0.3, -0.25) is 4.79 Å². The van der Waals surface area contributed by atoms with Gasteiger partial charge in [0.15, 0.2) is 0 Å². The predicted octanol–water partition coefficient (Wildman–Crippen LogP) is 2.54. The molecule has 0 radical (unpaired) electrons. The lowest BCUT2D eigenvalue weighted by Gasteiger charge is -2.32. The first-order valence-electron chi connectivity index (χ1n) is 9.56. The smallest absolute Gasteiger partial charge is 0.251 e. The summed E-state index contributed by atoms with van der Waals surface area (Å²) < 4.78 is 27.6. The van der Waals surface area contributed by atoms with Crippen LogP contribution in [0, 0.1) is 0 Å². The largest absolute Gasteiger partial charge is 0.348 e. The van der Waals surface area contributed by atoms with Gasteiger partial charge in [-0.15, -0.1) is 12.4 Å². The Morgan fingerprint density at radius 1 is 1.19 bits per heavy atom. The van der Waals surface area contributed by atoms with Gasteiger partial charge in [-0.1, -0.05) is 12.5 Å². The molecular formula is C19H30ClN3O3S. The van der Waals surface area contributed by atoms with E-state index < -0.39 is 10.0 Å². The van der Waals surface area contributed by atoms with E-state index in [-0.39, 0.29) is 41.3 Å². The van der Waals surface area contributed by atoms with Gasteiger partial charge >= 0.3 is 0 Å². The topological polar surface area (TPSA) is 78.5 Å². The zero-order chi connectivity index (χ0) is 18.7. The highest BCUT2D eigenvalue weighted by molar-refractivity contribution is 7.89. The Bertz CT molecular complexity index is 756. The number of hydrogen-bond donors (Lipinski definition) is 2. The van der Waals surface area contributed by atoms with Gasteiger partial charge in [0.1, 0.15) is 0 Å². The van der Waals surface area contributed by atoms with E-state index in [0.717, 1.165) is 38.6 Å². The summed E-state index contributed by atoms with van der Waals surface area (Å²) in [6, 6.07) is 6.70. The Morgan fingerprint density at radius 3 is 2.67 bits per heavy atom. The number of piperidine rings is 2. The summed E-state index contributed by atoms with van der Waals surface area (Å²) in [7, 11) is -3.57. The van der Waals surface area contributed by atoms with Crippen LogP contribution in [0.15, 0.2) is 29.2 Å². The van der Waals surface area contributed by atoms with Crippen LogP contribution in [0.2, 0.25) is 0 Å². The number of carbonyl (C=O) groups excluding carboxylic acids is 1. The number of nitrogens with zero attached hydrogens (tertiary/aromatic N) is 1. The van der Waals surface area contributed by atoms with Crippen molar-refractivity contribution in [2.24, 2.45) is 0 Å². The molecule has 2 aliphatic heterocycles. The van der Waals surface area contributed by atoms with Gasteiger partial charge in [0.25, 0.3) is 5.91 Å². The standard InChI is InChI=1S/C19H29N3O3S.ClH/c1-14-7-3-4-12-22(14)26(24,25)17-9-5-8-16(13-17)19(23)21-18-10-6-11-20-15(18)2;/h5,8-9,13-15,18,20H,3-4,6-7,10-12H2,1-2H3,(H,21,23);1H. The van der Waals surface area contributed by atoms with E-state index in [2.05, 4.69) is 17.6 Å². The molecule has 2 fully saturated rings. The van der Waals surface area contributed by atoms with Gasteiger partial charge in [-0.05, 0) is 64.3 Å². The Balaban J connectivity index is 0.00000261. The highest BCUT2D eigenvalue weighted by Crippen LogP contribution is 2.25. The van der Waals surface area contributed by atoms with Crippen LogP contribution in [-0.4, -0.2) is 49.8 Å². The zero-order valence-electron chi connectivity index (χ0n) is 16.0. The molecule has 3 atom stereocenters. The summed E-state index contributed by atoms with van der Waals surface area (Å²) >= 11 is 0. The van der Waals surface area contributed by atoms with Crippen molar-refractivity contribution >= 4 is 28.3 Å². The number of benzene rings is 1. The molecular weight excluding hydrogens is 386 g/mol. The second-order valence-electron chi connectivity index (χ2n) is 7.45. The van der Waals surface area contributed by atoms with Crippen LogP contribution in [0.4, 0.5) is 0 Å². The third-order valence-electron chi connectivity index (χ3n) is 5.52. The molecule has 27 heavy (non-hydrogen) atoms. The first-order chi connectivity index (χ1) is 12.4. The van der Waals surface area contributed by atoms with Crippen LogP contribution in [-0.2, 0) is 10.0 Å². The number of amides is 1. The average molecular weight is 416 g/mol. The van der Waals surface area contributed by atoms with E-state index in [0.29, 0.717) is 12.1 Å². The highest BCUT2D eigenvalue weighted by atomic mass is 35.5. The van der Waals surface area contributed by atoms with Crippen molar-refractivity contribution in [1.82, 2.24) is 14.9 Å².